The summed E-state index contributed by atoms with van der Waals surface area (Å²) >= 11 is 6.23. The van der Waals surface area contributed by atoms with Gasteiger partial charge in [-0.25, -0.2) is 0 Å². The smallest absolute Gasteiger partial charge is 0.255 e. The van der Waals surface area contributed by atoms with E-state index >= 15 is 0 Å². The highest BCUT2D eigenvalue weighted by molar-refractivity contribution is 6.31. The van der Waals surface area contributed by atoms with Crippen LogP contribution in [0.2, 0.25) is 5.02 Å². The molecule has 1 aliphatic heterocycles. The highest BCUT2D eigenvalue weighted by Crippen LogP contribution is 2.30. The molecule has 1 aliphatic rings. The summed E-state index contributed by atoms with van der Waals surface area (Å²) in [4.78, 5) is 30.0. The second-order valence-electron chi connectivity index (χ2n) is 8.82. The molecule has 1 heterocycles. The van der Waals surface area contributed by atoms with E-state index in [1.807, 2.05) is 32.9 Å². The van der Waals surface area contributed by atoms with E-state index in [0.29, 0.717) is 22.0 Å². The van der Waals surface area contributed by atoms with Gasteiger partial charge in [-0.05, 0) is 42.9 Å². The Morgan fingerprint density at radius 3 is 2.35 bits per heavy atom. The molecule has 0 spiro atoms. The molecule has 166 valence electrons. The van der Waals surface area contributed by atoms with Gasteiger partial charge in [-0.3, -0.25) is 9.59 Å². The summed E-state index contributed by atoms with van der Waals surface area (Å²) in [6.45, 7) is 12.5. The molecule has 3 rings (SSSR count). The quantitative estimate of drug-likeness (QED) is 0.703. The molecule has 7 heteroatoms. The first-order valence-corrected chi connectivity index (χ1v) is 11.0. The van der Waals surface area contributed by atoms with Gasteiger partial charge in [0.15, 0.2) is 0 Å². The summed E-state index contributed by atoms with van der Waals surface area (Å²) in [5.41, 5.74) is 2.19. The van der Waals surface area contributed by atoms with Crippen LogP contribution in [0.15, 0.2) is 42.5 Å². The van der Waals surface area contributed by atoms with Crippen molar-refractivity contribution >= 4 is 40.5 Å². The lowest BCUT2D eigenvalue weighted by Gasteiger charge is -2.36. The van der Waals surface area contributed by atoms with Crippen molar-refractivity contribution in [2.45, 2.75) is 27.7 Å². The number of nitrogens with zero attached hydrogens (tertiary/aromatic N) is 2. The van der Waals surface area contributed by atoms with Crippen LogP contribution in [0, 0.1) is 5.41 Å². The van der Waals surface area contributed by atoms with E-state index in [1.165, 1.54) is 0 Å². The van der Waals surface area contributed by atoms with E-state index < -0.39 is 5.41 Å². The number of rotatable bonds is 5. The zero-order valence-electron chi connectivity index (χ0n) is 18.7. The van der Waals surface area contributed by atoms with Crippen molar-refractivity contribution in [1.82, 2.24) is 4.90 Å². The molecule has 2 amide bonds. The summed E-state index contributed by atoms with van der Waals surface area (Å²) in [5, 5.41) is 6.45. The SMILES string of the molecule is CCN1CCN(c2ccc(Cl)cc2NC(=O)c2cccc(NC(=O)C(C)(C)C)c2)CC1. The molecule has 0 saturated carbocycles. The van der Waals surface area contributed by atoms with Crippen LogP contribution < -0.4 is 15.5 Å². The number of likely N-dealkylation sites (N-methyl/N-ethyl adjacent to an activating group) is 1. The Morgan fingerprint density at radius 2 is 1.71 bits per heavy atom. The van der Waals surface area contributed by atoms with Crippen molar-refractivity contribution < 1.29 is 9.59 Å². The Bertz CT molecular complexity index is 947. The first-order chi connectivity index (χ1) is 14.7. The van der Waals surface area contributed by atoms with Gasteiger partial charge in [-0.1, -0.05) is 45.4 Å². The monoisotopic (exact) mass is 442 g/mol. The second-order valence-corrected chi connectivity index (χ2v) is 9.26. The number of anilines is 3. The van der Waals surface area contributed by atoms with Gasteiger partial charge < -0.3 is 20.4 Å². The summed E-state index contributed by atoms with van der Waals surface area (Å²) < 4.78 is 0. The lowest BCUT2D eigenvalue weighted by Crippen LogP contribution is -2.46. The topological polar surface area (TPSA) is 64.7 Å². The van der Waals surface area contributed by atoms with Crippen LogP contribution in [0.3, 0.4) is 0 Å². The standard InChI is InChI=1S/C24H31ClN4O2/c1-5-28-11-13-29(14-12-28)21-10-9-18(25)16-20(21)27-22(30)17-7-6-8-19(15-17)26-23(31)24(2,3)4/h6-10,15-16H,5,11-14H2,1-4H3,(H,26,31)(H,27,30). The Balaban J connectivity index is 1.77. The number of piperazine rings is 1. The average molecular weight is 443 g/mol. The minimum absolute atomic E-state index is 0.103. The van der Waals surface area contributed by atoms with Crippen molar-refractivity contribution in [1.29, 1.82) is 0 Å². The zero-order valence-corrected chi connectivity index (χ0v) is 19.4. The lowest BCUT2D eigenvalue weighted by atomic mass is 9.95. The molecule has 1 fully saturated rings. The number of carbonyl (C=O) groups is 2. The number of halogens is 1. The van der Waals surface area contributed by atoms with Gasteiger partial charge in [0.1, 0.15) is 0 Å². The van der Waals surface area contributed by atoms with Crippen LogP contribution >= 0.6 is 11.6 Å². The van der Waals surface area contributed by atoms with Gasteiger partial charge in [0.25, 0.3) is 5.91 Å². The van der Waals surface area contributed by atoms with Gasteiger partial charge in [0.05, 0.1) is 11.4 Å². The summed E-state index contributed by atoms with van der Waals surface area (Å²) in [6.07, 6.45) is 0. The summed E-state index contributed by atoms with van der Waals surface area (Å²) in [5.74, 6) is -0.351. The van der Waals surface area contributed by atoms with E-state index in [-0.39, 0.29) is 11.8 Å². The third kappa shape index (κ3) is 5.99. The molecule has 0 aromatic heterocycles. The Kier molecular flexibility index (Phi) is 7.23. The van der Waals surface area contributed by atoms with E-state index in [4.69, 9.17) is 11.6 Å². The molecule has 0 unspecified atom stereocenters. The molecule has 0 atom stereocenters. The molecule has 2 aromatic carbocycles. The third-order valence-corrected chi connectivity index (χ3v) is 5.67. The fourth-order valence-corrected chi connectivity index (χ4v) is 3.61. The summed E-state index contributed by atoms with van der Waals surface area (Å²) in [6, 6.07) is 12.5. The van der Waals surface area contributed by atoms with Crippen LogP contribution in [0.5, 0.6) is 0 Å². The predicted octanol–water partition coefficient (Wildman–Crippen LogP) is 4.72. The van der Waals surface area contributed by atoms with Crippen molar-refractivity contribution in [3.63, 3.8) is 0 Å². The normalized spacial score (nSPS) is 14.9. The molecular weight excluding hydrogens is 412 g/mol. The van der Waals surface area contributed by atoms with Crippen molar-refractivity contribution in [3.05, 3.63) is 53.1 Å². The third-order valence-electron chi connectivity index (χ3n) is 5.43. The van der Waals surface area contributed by atoms with Gasteiger partial charge in [-0.15, -0.1) is 0 Å². The summed E-state index contributed by atoms with van der Waals surface area (Å²) in [7, 11) is 0. The zero-order chi connectivity index (χ0) is 22.6. The van der Waals surface area contributed by atoms with Crippen molar-refractivity contribution in [3.8, 4) is 0 Å². The molecule has 2 N–H and O–H groups in total. The molecule has 31 heavy (non-hydrogen) atoms. The van der Waals surface area contributed by atoms with Gasteiger partial charge >= 0.3 is 0 Å². The van der Waals surface area contributed by atoms with Gasteiger partial charge in [0, 0.05) is 47.9 Å². The van der Waals surface area contributed by atoms with E-state index in [0.717, 1.165) is 38.4 Å². The molecule has 2 aromatic rings. The highest BCUT2D eigenvalue weighted by atomic mass is 35.5. The number of amides is 2. The molecule has 1 saturated heterocycles. The number of hydrogen-bond acceptors (Lipinski definition) is 4. The van der Waals surface area contributed by atoms with Gasteiger partial charge in [0.2, 0.25) is 5.91 Å². The van der Waals surface area contributed by atoms with E-state index in [9.17, 15) is 9.59 Å². The van der Waals surface area contributed by atoms with Crippen molar-refractivity contribution in [2.75, 3.05) is 48.3 Å². The highest BCUT2D eigenvalue weighted by Gasteiger charge is 2.22. The minimum atomic E-state index is -0.518. The molecule has 6 nitrogen and oxygen atoms in total. The largest absolute Gasteiger partial charge is 0.367 e. The number of benzene rings is 2. The lowest BCUT2D eigenvalue weighted by molar-refractivity contribution is -0.123. The Labute approximate surface area is 189 Å². The number of carbonyl (C=O) groups excluding carboxylic acids is 2. The van der Waals surface area contributed by atoms with Crippen LogP contribution in [-0.2, 0) is 4.79 Å². The molecular formula is C24H31ClN4O2. The second kappa shape index (κ2) is 9.71. The Morgan fingerprint density at radius 1 is 1.00 bits per heavy atom. The fourth-order valence-electron chi connectivity index (χ4n) is 3.44. The van der Waals surface area contributed by atoms with Crippen molar-refractivity contribution in [2.24, 2.45) is 5.41 Å². The fraction of sp³-hybridized carbons (Fsp3) is 0.417. The maximum atomic E-state index is 13.0. The maximum absolute atomic E-state index is 13.0. The minimum Gasteiger partial charge on any atom is -0.367 e. The van der Waals surface area contributed by atoms with Crippen LogP contribution in [0.1, 0.15) is 38.1 Å². The molecule has 0 bridgehead atoms. The van der Waals surface area contributed by atoms with Crippen LogP contribution in [0.4, 0.5) is 17.1 Å². The number of hydrogen-bond donors (Lipinski definition) is 2. The van der Waals surface area contributed by atoms with E-state index in [2.05, 4.69) is 27.4 Å². The first-order valence-electron chi connectivity index (χ1n) is 10.7. The average Bonchev–Trinajstić information content (AvgIpc) is 2.73. The Hall–Kier alpha value is -2.57. The van der Waals surface area contributed by atoms with E-state index in [1.54, 1.807) is 30.3 Å². The van der Waals surface area contributed by atoms with Crippen LogP contribution in [0.25, 0.3) is 0 Å². The van der Waals surface area contributed by atoms with Gasteiger partial charge in [-0.2, -0.15) is 0 Å². The maximum Gasteiger partial charge on any atom is 0.255 e. The molecule has 0 aliphatic carbocycles. The predicted molar refractivity (Wildman–Crippen MR) is 128 cm³/mol. The first kappa shape index (κ1) is 23.1. The van der Waals surface area contributed by atoms with Crippen LogP contribution in [-0.4, -0.2) is 49.4 Å². The molecule has 0 radical (unpaired) electrons. The number of nitrogens with one attached hydrogen (secondary N) is 2.